The number of hydrogen-bond acceptors (Lipinski definition) is 3. The van der Waals surface area contributed by atoms with Crippen LogP contribution in [0.25, 0.3) is 0 Å². The number of rotatable bonds is 4. The molecule has 3 nitrogen and oxygen atoms in total. The monoisotopic (exact) mass is 326 g/mol. The van der Waals surface area contributed by atoms with Crippen molar-refractivity contribution >= 4 is 15.9 Å². The fourth-order valence-corrected chi connectivity index (χ4v) is 3.33. The van der Waals surface area contributed by atoms with E-state index in [9.17, 15) is 0 Å². The number of benzene rings is 1. The predicted molar refractivity (Wildman–Crippen MR) is 82.3 cm³/mol. The lowest BCUT2D eigenvalue weighted by atomic mass is 9.87. The molecule has 1 heterocycles. The zero-order valence-corrected chi connectivity index (χ0v) is 13.3. The van der Waals surface area contributed by atoms with Crippen molar-refractivity contribution in [3.63, 3.8) is 0 Å². The summed E-state index contributed by atoms with van der Waals surface area (Å²) < 4.78 is 6.28. The van der Waals surface area contributed by atoms with Gasteiger partial charge in [-0.05, 0) is 65.0 Å². The third-order valence-electron chi connectivity index (χ3n) is 4.12. The van der Waals surface area contributed by atoms with E-state index in [0.29, 0.717) is 5.92 Å². The lowest BCUT2D eigenvalue weighted by Gasteiger charge is -2.36. The Hall–Kier alpha value is -0.580. The average Bonchev–Trinajstić information content (AvgIpc) is 2.41. The molecule has 106 valence electrons. The lowest BCUT2D eigenvalue weighted by Crippen LogP contribution is -2.42. The Morgan fingerprint density at radius 1 is 1.47 bits per heavy atom. The molecule has 2 N–H and O–H groups in total. The van der Waals surface area contributed by atoms with Crippen LogP contribution in [0.3, 0.4) is 0 Å². The summed E-state index contributed by atoms with van der Waals surface area (Å²) in [7, 11) is 1.69. The van der Waals surface area contributed by atoms with Crippen LogP contribution in [0.2, 0.25) is 0 Å². The predicted octanol–water partition coefficient (Wildman–Crippen LogP) is 2.87. The Kier molecular flexibility index (Phi) is 5.25. The first kappa shape index (κ1) is 14.8. The molecule has 0 radical (unpaired) electrons. The molecule has 0 saturated carbocycles. The molecule has 4 heteroatoms. The van der Waals surface area contributed by atoms with Gasteiger partial charge in [0.05, 0.1) is 11.6 Å². The van der Waals surface area contributed by atoms with Gasteiger partial charge in [-0.2, -0.15) is 0 Å². The van der Waals surface area contributed by atoms with Crippen molar-refractivity contribution in [2.24, 2.45) is 17.6 Å². The number of hydrogen-bond donors (Lipinski definition) is 1. The fraction of sp³-hybridized carbons (Fsp3) is 0.600. The first-order chi connectivity index (χ1) is 9.13. The van der Waals surface area contributed by atoms with Crippen molar-refractivity contribution in [2.75, 3.05) is 26.7 Å². The highest BCUT2D eigenvalue weighted by atomic mass is 79.9. The van der Waals surface area contributed by atoms with Gasteiger partial charge in [0.25, 0.3) is 0 Å². The Bertz CT molecular complexity index is 425. The molecule has 1 fully saturated rings. The molecule has 1 saturated heterocycles. The van der Waals surface area contributed by atoms with Crippen molar-refractivity contribution in [1.82, 2.24) is 4.90 Å². The number of nitrogens with two attached hydrogens (primary N) is 1. The number of nitrogens with zero attached hydrogens (tertiary/aromatic N) is 1. The summed E-state index contributed by atoms with van der Waals surface area (Å²) in [6.45, 7) is 6.39. The van der Waals surface area contributed by atoms with Crippen LogP contribution >= 0.6 is 15.9 Å². The van der Waals surface area contributed by atoms with Gasteiger partial charge in [-0.1, -0.05) is 13.0 Å². The second-order valence-corrected chi connectivity index (χ2v) is 6.32. The topological polar surface area (TPSA) is 38.5 Å². The smallest absolute Gasteiger partial charge is 0.133 e. The summed E-state index contributed by atoms with van der Waals surface area (Å²) in [6, 6.07) is 6.31. The zero-order chi connectivity index (χ0) is 13.8. The van der Waals surface area contributed by atoms with Crippen LogP contribution in [0.15, 0.2) is 22.7 Å². The van der Waals surface area contributed by atoms with Crippen LogP contribution < -0.4 is 10.5 Å². The number of methoxy groups -OCH3 is 1. The summed E-state index contributed by atoms with van der Waals surface area (Å²) in [4.78, 5) is 2.51. The van der Waals surface area contributed by atoms with Crippen molar-refractivity contribution in [3.8, 4) is 5.75 Å². The Labute approximate surface area is 124 Å². The zero-order valence-electron chi connectivity index (χ0n) is 11.7. The van der Waals surface area contributed by atoms with Crippen molar-refractivity contribution in [3.05, 3.63) is 28.2 Å². The lowest BCUT2D eigenvalue weighted by molar-refractivity contribution is 0.126. The van der Waals surface area contributed by atoms with Gasteiger partial charge in [0.15, 0.2) is 0 Å². The first-order valence-electron chi connectivity index (χ1n) is 6.89. The quantitative estimate of drug-likeness (QED) is 0.924. The maximum Gasteiger partial charge on any atom is 0.133 e. The van der Waals surface area contributed by atoms with Gasteiger partial charge in [0.1, 0.15) is 5.75 Å². The van der Waals surface area contributed by atoms with E-state index in [-0.39, 0.29) is 0 Å². The molecule has 1 aromatic carbocycles. The van der Waals surface area contributed by atoms with Gasteiger partial charge in [-0.25, -0.2) is 0 Å². The highest BCUT2D eigenvalue weighted by molar-refractivity contribution is 9.10. The summed E-state index contributed by atoms with van der Waals surface area (Å²) in [5.41, 5.74) is 7.18. The molecule has 2 rings (SSSR count). The van der Waals surface area contributed by atoms with Gasteiger partial charge in [0, 0.05) is 13.1 Å². The summed E-state index contributed by atoms with van der Waals surface area (Å²) in [6.07, 6.45) is 1.25. The molecule has 2 atom stereocenters. The minimum absolute atomic E-state index is 0.635. The Morgan fingerprint density at radius 2 is 2.26 bits per heavy atom. The molecule has 0 aromatic heterocycles. The van der Waals surface area contributed by atoms with E-state index in [1.54, 1.807) is 7.11 Å². The third kappa shape index (κ3) is 3.71. The minimum Gasteiger partial charge on any atom is -0.496 e. The highest BCUT2D eigenvalue weighted by Gasteiger charge is 2.24. The highest BCUT2D eigenvalue weighted by Crippen LogP contribution is 2.28. The maximum atomic E-state index is 5.86. The van der Waals surface area contributed by atoms with Crippen molar-refractivity contribution < 1.29 is 4.74 Å². The molecule has 1 aliphatic heterocycles. The molecular formula is C15H23BrN2O. The molecule has 1 aromatic rings. The van der Waals surface area contributed by atoms with Crippen LogP contribution in [-0.2, 0) is 6.54 Å². The van der Waals surface area contributed by atoms with Crippen LogP contribution in [-0.4, -0.2) is 31.6 Å². The van der Waals surface area contributed by atoms with Crippen LogP contribution in [0, 0.1) is 11.8 Å². The first-order valence-corrected chi connectivity index (χ1v) is 7.68. The largest absolute Gasteiger partial charge is 0.496 e. The molecule has 2 unspecified atom stereocenters. The van der Waals surface area contributed by atoms with E-state index in [0.717, 1.165) is 35.8 Å². The van der Waals surface area contributed by atoms with Gasteiger partial charge in [-0.15, -0.1) is 0 Å². The van der Waals surface area contributed by atoms with E-state index in [1.165, 1.54) is 18.5 Å². The number of ether oxygens (including phenoxy) is 1. The van der Waals surface area contributed by atoms with Gasteiger partial charge < -0.3 is 10.5 Å². The molecule has 1 aliphatic rings. The molecule has 0 bridgehead atoms. The maximum absolute atomic E-state index is 5.86. The van der Waals surface area contributed by atoms with E-state index >= 15 is 0 Å². The second-order valence-electron chi connectivity index (χ2n) is 5.47. The SMILES string of the molecule is COc1ccc(CN2CCC(C)C(CN)C2)cc1Br. The number of halogens is 1. The minimum atomic E-state index is 0.635. The van der Waals surface area contributed by atoms with Crippen LogP contribution in [0.5, 0.6) is 5.75 Å². The van der Waals surface area contributed by atoms with E-state index in [4.69, 9.17) is 10.5 Å². The summed E-state index contributed by atoms with van der Waals surface area (Å²) in [5.74, 6) is 2.27. The Balaban J connectivity index is 1.99. The van der Waals surface area contributed by atoms with Gasteiger partial charge in [0.2, 0.25) is 0 Å². The van der Waals surface area contributed by atoms with Crippen LogP contribution in [0.4, 0.5) is 0 Å². The molecular weight excluding hydrogens is 304 g/mol. The molecule has 0 aliphatic carbocycles. The normalized spacial score (nSPS) is 24.4. The summed E-state index contributed by atoms with van der Waals surface area (Å²) in [5, 5.41) is 0. The van der Waals surface area contributed by atoms with Crippen molar-refractivity contribution in [2.45, 2.75) is 19.9 Å². The van der Waals surface area contributed by atoms with E-state index in [1.807, 2.05) is 6.07 Å². The van der Waals surface area contributed by atoms with Crippen LogP contribution in [0.1, 0.15) is 18.9 Å². The number of likely N-dealkylation sites (tertiary alicyclic amines) is 1. The molecule has 19 heavy (non-hydrogen) atoms. The molecule has 0 amide bonds. The summed E-state index contributed by atoms with van der Waals surface area (Å²) >= 11 is 3.54. The van der Waals surface area contributed by atoms with Gasteiger partial charge >= 0.3 is 0 Å². The Morgan fingerprint density at radius 3 is 2.89 bits per heavy atom. The standard InChI is InChI=1S/C15H23BrN2O/c1-11-5-6-18(10-13(11)8-17)9-12-3-4-15(19-2)14(16)7-12/h3-4,7,11,13H,5-6,8-10,17H2,1-2H3. The third-order valence-corrected chi connectivity index (χ3v) is 4.74. The van der Waals surface area contributed by atoms with Crippen molar-refractivity contribution in [1.29, 1.82) is 0 Å². The van der Waals surface area contributed by atoms with E-state index in [2.05, 4.69) is 39.9 Å². The molecule has 0 spiro atoms. The second kappa shape index (κ2) is 6.73. The fourth-order valence-electron chi connectivity index (χ4n) is 2.74. The van der Waals surface area contributed by atoms with E-state index < -0.39 is 0 Å². The number of piperidine rings is 1. The average molecular weight is 327 g/mol. The van der Waals surface area contributed by atoms with Gasteiger partial charge in [-0.3, -0.25) is 4.90 Å².